The fourth-order valence-corrected chi connectivity index (χ4v) is 4.39. The number of nitrogens with zero attached hydrogens (tertiary/aromatic N) is 6. The third kappa shape index (κ3) is 4.84. The van der Waals surface area contributed by atoms with Crippen molar-refractivity contribution in [1.29, 1.82) is 0 Å². The first kappa shape index (κ1) is 25.4. The van der Waals surface area contributed by atoms with E-state index in [4.69, 9.17) is 5.73 Å². The molecule has 0 bridgehead atoms. The van der Waals surface area contributed by atoms with Crippen molar-refractivity contribution in [2.45, 2.75) is 65.2 Å². The number of alkyl halides is 3. The Labute approximate surface area is 206 Å². The number of hydrogen-bond donors (Lipinski definition) is 2. The maximum atomic E-state index is 13.0. The number of fused-ring (bicyclic) bond motifs is 1. The molecule has 9 nitrogen and oxygen atoms in total. The van der Waals surface area contributed by atoms with Gasteiger partial charge >= 0.3 is 6.18 Å². The first-order chi connectivity index (χ1) is 16.9. The molecule has 1 amide bonds. The minimum atomic E-state index is -4.47. The van der Waals surface area contributed by atoms with E-state index in [-0.39, 0.29) is 30.4 Å². The summed E-state index contributed by atoms with van der Waals surface area (Å²) in [5, 5.41) is 11.6. The molecule has 3 aromatic heterocycles. The number of allylic oxidation sites excluding steroid dienone is 2. The predicted molar refractivity (Wildman–Crippen MR) is 131 cm³/mol. The summed E-state index contributed by atoms with van der Waals surface area (Å²) in [6, 6.07) is 1.45. The highest BCUT2D eigenvalue weighted by molar-refractivity contribution is 6.01. The summed E-state index contributed by atoms with van der Waals surface area (Å²) in [6.07, 6.45) is 4.80. The van der Waals surface area contributed by atoms with Gasteiger partial charge in [-0.05, 0) is 32.3 Å². The van der Waals surface area contributed by atoms with Gasteiger partial charge in [0.25, 0.3) is 5.91 Å². The van der Waals surface area contributed by atoms with E-state index < -0.39 is 17.3 Å². The van der Waals surface area contributed by atoms with E-state index in [1.807, 2.05) is 33.9 Å². The van der Waals surface area contributed by atoms with Crippen molar-refractivity contribution in [3.63, 3.8) is 0 Å². The van der Waals surface area contributed by atoms with Gasteiger partial charge in [0.2, 0.25) is 5.95 Å². The minimum Gasteiger partial charge on any atom is -0.366 e. The van der Waals surface area contributed by atoms with E-state index in [0.717, 1.165) is 12.5 Å². The van der Waals surface area contributed by atoms with Crippen LogP contribution >= 0.6 is 0 Å². The van der Waals surface area contributed by atoms with Crippen molar-refractivity contribution in [1.82, 2.24) is 29.7 Å². The highest BCUT2D eigenvalue weighted by atomic mass is 19.4. The fraction of sp³-hybridized carbons (Fsp3) is 0.458. The fourth-order valence-electron chi connectivity index (χ4n) is 4.39. The van der Waals surface area contributed by atoms with Gasteiger partial charge in [-0.2, -0.15) is 23.3 Å². The molecular formula is C24H29F3N8O. The summed E-state index contributed by atoms with van der Waals surface area (Å²) in [5.74, 6) is -0.247. The van der Waals surface area contributed by atoms with Crippen LogP contribution in [-0.2, 0) is 0 Å². The minimum absolute atomic E-state index is 0.0284. The molecule has 0 fully saturated rings. The van der Waals surface area contributed by atoms with Gasteiger partial charge in [-0.1, -0.05) is 26.8 Å². The number of rotatable bonds is 7. The van der Waals surface area contributed by atoms with Crippen LogP contribution in [0.1, 0.15) is 63.4 Å². The number of carbonyl (C=O) groups excluding carboxylic acids is 1. The van der Waals surface area contributed by atoms with E-state index >= 15 is 0 Å². The zero-order chi connectivity index (χ0) is 26.3. The molecule has 1 aliphatic heterocycles. The van der Waals surface area contributed by atoms with Crippen LogP contribution in [0.25, 0.3) is 16.8 Å². The standard InChI is InChI=1S/C24H29F3N8O/c1-5-14(3)31-21(36)17-9-15(11-35-20(17)32-22(28)33-35)16-10-30-34(12-16)19(6-2)23(4)8-7-18(29-13-23)24(25,26)27/h7,9-14,19H,5-6,8H2,1-4H3,(H2,28,33)(H,31,36)/t14-,19-,23?/m0/s1. The van der Waals surface area contributed by atoms with Crippen LogP contribution in [0.2, 0.25) is 0 Å². The lowest BCUT2D eigenvalue weighted by atomic mass is 9.77. The summed E-state index contributed by atoms with van der Waals surface area (Å²) in [4.78, 5) is 20.9. The van der Waals surface area contributed by atoms with Crippen LogP contribution in [-0.4, -0.2) is 48.7 Å². The Hall–Kier alpha value is -3.70. The van der Waals surface area contributed by atoms with Gasteiger partial charge in [-0.25, -0.2) is 4.52 Å². The van der Waals surface area contributed by atoms with Crippen LogP contribution in [0.5, 0.6) is 0 Å². The number of nitrogen functional groups attached to an aromatic ring is 1. The molecule has 4 rings (SSSR count). The molecule has 3 N–H and O–H groups in total. The number of anilines is 1. The molecule has 3 aromatic rings. The molecular weight excluding hydrogens is 473 g/mol. The zero-order valence-corrected chi connectivity index (χ0v) is 20.5. The summed E-state index contributed by atoms with van der Waals surface area (Å²) in [5.41, 5.74) is 6.32. The predicted octanol–water partition coefficient (Wildman–Crippen LogP) is 4.58. The molecule has 0 spiro atoms. The van der Waals surface area contributed by atoms with Gasteiger partial charge in [0, 0.05) is 41.2 Å². The molecule has 0 saturated carbocycles. The van der Waals surface area contributed by atoms with E-state index in [1.54, 1.807) is 23.1 Å². The first-order valence-electron chi connectivity index (χ1n) is 11.8. The molecule has 4 heterocycles. The molecule has 12 heteroatoms. The quantitative estimate of drug-likeness (QED) is 0.491. The molecule has 36 heavy (non-hydrogen) atoms. The molecule has 1 unspecified atom stereocenters. The van der Waals surface area contributed by atoms with Gasteiger partial charge in [0.05, 0.1) is 17.8 Å². The number of pyridine rings is 1. The summed E-state index contributed by atoms with van der Waals surface area (Å²) >= 11 is 0. The molecule has 0 aromatic carbocycles. The normalized spacial score (nSPS) is 19.8. The van der Waals surface area contributed by atoms with Crippen molar-refractivity contribution in [3.05, 3.63) is 42.0 Å². The number of halogens is 3. The van der Waals surface area contributed by atoms with E-state index in [2.05, 4.69) is 25.5 Å². The van der Waals surface area contributed by atoms with Crippen LogP contribution < -0.4 is 11.1 Å². The number of nitrogens with two attached hydrogens (primary N) is 1. The topological polar surface area (TPSA) is 115 Å². The third-order valence-corrected chi connectivity index (χ3v) is 6.61. The van der Waals surface area contributed by atoms with Crippen LogP contribution in [0.15, 0.2) is 41.4 Å². The molecule has 3 atom stereocenters. The number of aliphatic imine (C=N–C) groups is 1. The Morgan fingerprint density at radius 1 is 1.25 bits per heavy atom. The molecule has 0 aliphatic carbocycles. The van der Waals surface area contributed by atoms with Crippen molar-refractivity contribution >= 4 is 23.7 Å². The first-order valence-corrected chi connectivity index (χ1v) is 11.8. The van der Waals surface area contributed by atoms with Gasteiger partial charge < -0.3 is 11.1 Å². The number of hydrogen-bond acceptors (Lipinski definition) is 6. The summed E-state index contributed by atoms with van der Waals surface area (Å²) in [7, 11) is 0. The van der Waals surface area contributed by atoms with E-state index in [0.29, 0.717) is 28.8 Å². The largest absolute Gasteiger partial charge is 0.432 e. The van der Waals surface area contributed by atoms with Crippen molar-refractivity contribution in [2.24, 2.45) is 10.4 Å². The highest BCUT2D eigenvalue weighted by Gasteiger charge is 2.40. The lowest BCUT2D eigenvalue weighted by molar-refractivity contribution is -0.0930. The lowest BCUT2D eigenvalue weighted by Gasteiger charge is -2.35. The SMILES string of the molecule is CC[C@H](n1cc(-c2cc(C(=O)N[C@@H](C)CC)c3nc(N)nn3c2)cn1)C1(C)C=NC(C(F)(F)F)=CC1. The smallest absolute Gasteiger partial charge is 0.366 e. The van der Waals surface area contributed by atoms with E-state index in [1.165, 1.54) is 10.7 Å². The van der Waals surface area contributed by atoms with Crippen molar-refractivity contribution < 1.29 is 18.0 Å². The lowest BCUT2D eigenvalue weighted by Crippen LogP contribution is -2.33. The Morgan fingerprint density at radius 2 is 2.00 bits per heavy atom. The van der Waals surface area contributed by atoms with Crippen LogP contribution in [0.4, 0.5) is 19.1 Å². The Balaban J connectivity index is 1.68. The maximum absolute atomic E-state index is 13.0. The number of carbonyl (C=O) groups is 1. The number of aromatic nitrogens is 5. The number of amides is 1. The van der Waals surface area contributed by atoms with Crippen LogP contribution in [0, 0.1) is 5.41 Å². The average molecular weight is 503 g/mol. The molecule has 0 radical (unpaired) electrons. The van der Waals surface area contributed by atoms with Gasteiger partial charge in [-0.3, -0.25) is 14.5 Å². The third-order valence-electron chi connectivity index (χ3n) is 6.61. The van der Waals surface area contributed by atoms with Gasteiger partial charge in [0.15, 0.2) is 5.65 Å². The van der Waals surface area contributed by atoms with Gasteiger partial charge in [-0.15, -0.1) is 5.10 Å². The second kappa shape index (κ2) is 9.40. The highest BCUT2D eigenvalue weighted by Crippen LogP contribution is 2.41. The summed E-state index contributed by atoms with van der Waals surface area (Å²) in [6.45, 7) is 7.71. The Bertz CT molecular complexity index is 1340. The molecule has 1 aliphatic rings. The van der Waals surface area contributed by atoms with Crippen LogP contribution in [0.3, 0.4) is 0 Å². The maximum Gasteiger partial charge on any atom is 0.432 e. The van der Waals surface area contributed by atoms with Gasteiger partial charge in [0.1, 0.15) is 5.70 Å². The monoisotopic (exact) mass is 502 g/mol. The second-order valence-electron chi connectivity index (χ2n) is 9.35. The van der Waals surface area contributed by atoms with E-state index in [9.17, 15) is 18.0 Å². The Morgan fingerprint density at radius 3 is 2.61 bits per heavy atom. The Kier molecular flexibility index (Phi) is 6.63. The van der Waals surface area contributed by atoms with Crippen molar-refractivity contribution in [2.75, 3.05) is 5.73 Å². The average Bonchev–Trinajstić information content (AvgIpc) is 3.44. The second-order valence-corrected chi connectivity index (χ2v) is 9.35. The van der Waals surface area contributed by atoms with Crippen molar-refractivity contribution in [3.8, 4) is 11.1 Å². The molecule has 0 saturated heterocycles. The summed E-state index contributed by atoms with van der Waals surface area (Å²) < 4.78 is 42.3. The number of nitrogens with one attached hydrogen (secondary N) is 1. The zero-order valence-electron chi connectivity index (χ0n) is 20.5. The molecule has 192 valence electrons.